The zero-order valence-electron chi connectivity index (χ0n) is 11.4. The summed E-state index contributed by atoms with van der Waals surface area (Å²) in [6.45, 7) is 1.78. The van der Waals surface area contributed by atoms with Crippen molar-refractivity contribution in [3.8, 4) is 6.07 Å². The van der Waals surface area contributed by atoms with Crippen LogP contribution in [0.5, 0.6) is 0 Å². The quantitative estimate of drug-likeness (QED) is 0.927. The average molecular weight is 324 g/mol. The number of carbonyl (C=O) groups is 2. The van der Waals surface area contributed by atoms with Crippen LogP contribution in [0.1, 0.15) is 18.9 Å². The Labute approximate surface area is 132 Å². The van der Waals surface area contributed by atoms with E-state index in [9.17, 15) is 9.59 Å². The fourth-order valence-corrected chi connectivity index (χ4v) is 3.42. The smallest absolute Gasteiger partial charge is 0.248 e. The molecule has 0 radical (unpaired) electrons. The van der Waals surface area contributed by atoms with Crippen LogP contribution in [0, 0.1) is 11.3 Å². The summed E-state index contributed by atoms with van der Waals surface area (Å²) in [4.78, 5) is 25.7. The molecular formula is C14H14ClN3O2S. The van der Waals surface area contributed by atoms with Crippen molar-refractivity contribution in [3.63, 3.8) is 0 Å². The number of nitrogens with one attached hydrogen (secondary N) is 1. The summed E-state index contributed by atoms with van der Waals surface area (Å²) in [5, 5.41) is 11.9. The molecule has 1 atom stereocenters. The maximum absolute atomic E-state index is 12.3. The molecule has 1 aliphatic heterocycles. The molecule has 2 amide bonds. The molecule has 0 aliphatic carbocycles. The van der Waals surface area contributed by atoms with Crippen LogP contribution >= 0.6 is 23.4 Å². The first-order chi connectivity index (χ1) is 10.1. The number of halogens is 1. The molecule has 1 saturated heterocycles. The zero-order valence-corrected chi connectivity index (χ0v) is 13.0. The van der Waals surface area contributed by atoms with E-state index in [1.165, 1.54) is 6.07 Å². The van der Waals surface area contributed by atoms with Crippen molar-refractivity contribution in [3.05, 3.63) is 28.8 Å². The highest BCUT2D eigenvalue weighted by Crippen LogP contribution is 2.24. The fourth-order valence-electron chi connectivity index (χ4n) is 2.02. The minimum Gasteiger partial charge on any atom is -0.324 e. The van der Waals surface area contributed by atoms with E-state index in [4.69, 9.17) is 16.9 Å². The number of hydrogen-bond acceptors (Lipinski definition) is 4. The summed E-state index contributed by atoms with van der Waals surface area (Å²) in [6.07, 6.45) is 0.382. The van der Waals surface area contributed by atoms with Crippen LogP contribution in [0.4, 0.5) is 5.69 Å². The molecule has 0 spiro atoms. The third-order valence-electron chi connectivity index (χ3n) is 3.16. The molecule has 1 N–H and O–H groups in total. The van der Waals surface area contributed by atoms with E-state index in [1.807, 2.05) is 6.07 Å². The molecule has 7 heteroatoms. The Bertz CT molecular complexity index is 615. The van der Waals surface area contributed by atoms with Crippen LogP contribution in [-0.2, 0) is 9.59 Å². The van der Waals surface area contributed by atoms with Gasteiger partial charge in [0.25, 0.3) is 0 Å². The number of anilines is 1. The van der Waals surface area contributed by atoms with Crippen molar-refractivity contribution in [2.24, 2.45) is 0 Å². The molecule has 1 aliphatic rings. The number of nitrogens with zero attached hydrogens (tertiary/aromatic N) is 2. The lowest BCUT2D eigenvalue weighted by Crippen LogP contribution is -2.44. The highest BCUT2D eigenvalue weighted by molar-refractivity contribution is 7.99. The van der Waals surface area contributed by atoms with Gasteiger partial charge in [-0.1, -0.05) is 18.5 Å². The van der Waals surface area contributed by atoms with Crippen molar-refractivity contribution in [2.75, 3.05) is 16.9 Å². The van der Waals surface area contributed by atoms with Gasteiger partial charge in [-0.05, 0) is 18.2 Å². The first kappa shape index (κ1) is 15.7. The molecule has 1 heterocycles. The molecule has 0 saturated carbocycles. The molecule has 2 rings (SSSR count). The summed E-state index contributed by atoms with van der Waals surface area (Å²) in [5.41, 5.74) is 0.874. The second-order valence-electron chi connectivity index (χ2n) is 4.53. The molecule has 1 unspecified atom stereocenters. The second kappa shape index (κ2) is 6.83. The monoisotopic (exact) mass is 323 g/mol. The number of hydrogen-bond donors (Lipinski definition) is 1. The number of amides is 2. The van der Waals surface area contributed by atoms with Crippen LogP contribution in [0.15, 0.2) is 18.2 Å². The Morgan fingerprint density at radius 1 is 1.57 bits per heavy atom. The van der Waals surface area contributed by atoms with Gasteiger partial charge in [-0.15, -0.1) is 11.8 Å². The lowest BCUT2D eigenvalue weighted by atomic mass is 10.2. The van der Waals surface area contributed by atoms with Crippen LogP contribution in [-0.4, -0.2) is 34.4 Å². The maximum Gasteiger partial charge on any atom is 0.248 e. The Hall–Kier alpha value is -1.71. The average Bonchev–Trinajstić information content (AvgIpc) is 2.96. The van der Waals surface area contributed by atoms with E-state index in [-0.39, 0.29) is 16.8 Å². The molecule has 1 aromatic rings. The highest BCUT2D eigenvalue weighted by atomic mass is 35.5. The van der Waals surface area contributed by atoms with Crippen molar-refractivity contribution in [1.29, 1.82) is 5.26 Å². The van der Waals surface area contributed by atoms with Gasteiger partial charge < -0.3 is 10.2 Å². The zero-order chi connectivity index (χ0) is 15.4. The summed E-state index contributed by atoms with van der Waals surface area (Å²) in [6, 6.07) is 6.21. The van der Waals surface area contributed by atoms with E-state index < -0.39 is 6.04 Å². The van der Waals surface area contributed by atoms with Gasteiger partial charge in [-0.25, -0.2) is 0 Å². The van der Waals surface area contributed by atoms with Crippen molar-refractivity contribution in [2.45, 2.75) is 19.4 Å². The normalized spacial score (nSPS) is 17.4. The minimum absolute atomic E-state index is 0.0296. The van der Waals surface area contributed by atoms with Gasteiger partial charge >= 0.3 is 0 Å². The summed E-state index contributed by atoms with van der Waals surface area (Å²) in [7, 11) is 0. The molecule has 1 aromatic carbocycles. The standard InChI is InChI=1S/C14H14ClN3O2S/c1-2-13(19)18-8-21-7-12(18)14(20)17-10-4-3-9(6-16)11(15)5-10/h3-5,12H,2,7-8H2,1H3,(H,17,20). The highest BCUT2D eigenvalue weighted by Gasteiger charge is 2.33. The summed E-state index contributed by atoms with van der Waals surface area (Å²) >= 11 is 7.49. The van der Waals surface area contributed by atoms with Gasteiger partial charge in [0.05, 0.1) is 16.5 Å². The van der Waals surface area contributed by atoms with Crippen LogP contribution in [0.3, 0.4) is 0 Å². The molecule has 0 aromatic heterocycles. The first-order valence-corrected chi connectivity index (χ1v) is 7.97. The van der Waals surface area contributed by atoms with Crippen LogP contribution in [0.2, 0.25) is 5.02 Å². The van der Waals surface area contributed by atoms with Gasteiger partial charge in [-0.2, -0.15) is 5.26 Å². The topological polar surface area (TPSA) is 73.2 Å². The van der Waals surface area contributed by atoms with Crippen molar-refractivity contribution in [1.82, 2.24) is 4.90 Å². The molecule has 110 valence electrons. The van der Waals surface area contributed by atoms with E-state index in [2.05, 4.69) is 5.32 Å². The maximum atomic E-state index is 12.3. The number of rotatable bonds is 3. The largest absolute Gasteiger partial charge is 0.324 e. The molecular weight excluding hydrogens is 310 g/mol. The summed E-state index contributed by atoms with van der Waals surface area (Å²) < 4.78 is 0. The Morgan fingerprint density at radius 3 is 2.95 bits per heavy atom. The van der Waals surface area contributed by atoms with Crippen LogP contribution in [0.25, 0.3) is 0 Å². The fraction of sp³-hybridized carbons (Fsp3) is 0.357. The van der Waals surface area contributed by atoms with Gasteiger partial charge in [-0.3, -0.25) is 9.59 Å². The second-order valence-corrected chi connectivity index (χ2v) is 5.94. The van der Waals surface area contributed by atoms with Crippen molar-refractivity contribution < 1.29 is 9.59 Å². The third kappa shape index (κ3) is 3.49. The first-order valence-electron chi connectivity index (χ1n) is 6.44. The van der Waals surface area contributed by atoms with Crippen molar-refractivity contribution >= 4 is 40.9 Å². The van der Waals surface area contributed by atoms with E-state index in [0.29, 0.717) is 29.3 Å². The van der Waals surface area contributed by atoms with E-state index in [0.717, 1.165) is 0 Å². The number of nitriles is 1. The lowest BCUT2D eigenvalue weighted by molar-refractivity contribution is -0.135. The molecule has 5 nitrogen and oxygen atoms in total. The number of carbonyl (C=O) groups excluding carboxylic acids is 2. The minimum atomic E-state index is -0.461. The van der Waals surface area contributed by atoms with Crippen LogP contribution < -0.4 is 5.32 Å². The van der Waals surface area contributed by atoms with E-state index >= 15 is 0 Å². The predicted molar refractivity (Wildman–Crippen MR) is 83.0 cm³/mol. The van der Waals surface area contributed by atoms with Gasteiger partial charge in [0, 0.05) is 17.9 Å². The SMILES string of the molecule is CCC(=O)N1CSCC1C(=O)Nc1ccc(C#N)c(Cl)c1. The van der Waals surface area contributed by atoms with Gasteiger partial charge in [0.1, 0.15) is 12.1 Å². The number of thioether (sulfide) groups is 1. The summed E-state index contributed by atoms with van der Waals surface area (Å²) in [5.74, 6) is 0.862. The van der Waals surface area contributed by atoms with E-state index in [1.54, 1.807) is 35.7 Å². The third-order valence-corrected chi connectivity index (χ3v) is 4.49. The molecule has 21 heavy (non-hydrogen) atoms. The Morgan fingerprint density at radius 2 is 2.33 bits per heavy atom. The number of benzene rings is 1. The molecule has 0 bridgehead atoms. The predicted octanol–water partition coefficient (Wildman–Crippen LogP) is 2.46. The Balaban J connectivity index is 2.09. The Kier molecular flexibility index (Phi) is 5.10. The van der Waals surface area contributed by atoms with Gasteiger partial charge in [0.2, 0.25) is 11.8 Å². The lowest BCUT2D eigenvalue weighted by Gasteiger charge is -2.22. The van der Waals surface area contributed by atoms with Gasteiger partial charge in [0.15, 0.2) is 0 Å². The molecule has 1 fully saturated rings.